The fourth-order valence-electron chi connectivity index (χ4n) is 4.81. The lowest BCUT2D eigenvalue weighted by Crippen LogP contribution is -2.29. The third-order valence-corrected chi connectivity index (χ3v) is 7.19. The van der Waals surface area contributed by atoms with E-state index >= 15 is 0 Å². The minimum Gasteiger partial charge on any atom is -0.465 e. The molecule has 5 rings (SSSR count). The fourth-order valence-corrected chi connectivity index (χ4v) is 4.81. The minimum atomic E-state index is -0.540. The van der Waals surface area contributed by atoms with E-state index in [2.05, 4.69) is 20.9 Å². The number of carbonyl (C=O) groups is 1. The van der Waals surface area contributed by atoms with E-state index in [-0.39, 0.29) is 22.1 Å². The number of hydrogen-bond acceptors (Lipinski definition) is 9. The first kappa shape index (κ1) is 27.1. The zero-order valence-corrected chi connectivity index (χ0v) is 23.3. The number of carbonyl (C=O) groups excluding carboxylic acids is 1. The van der Waals surface area contributed by atoms with Gasteiger partial charge in [0.1, 0.15) is 11.3 Å². The highest BCUT2D eigenvalue weighted by molar-refractivity contribution is 6.03. The number of nitro benzene ring substituents is 1. The summed E-state index contributed by atoms with van der Waals surface area (Å²) in [4.78, 5) is 37.4. The van der Waals surface area contributed by atoms with Gasteiger partial charge in [0.25, 0.3) is 5.69 Å². The summed E-state index contributed by atoms with van der Waals surface area (Å²) in [6, 6.07) is 11.8. The zero-order valence-electron chi connectivity index (χ0n) is 23.3. The van der Waals surface area contributed by atoms with Crippen molar-refractivity contribution in [3.8, 4) is 11.3 Å². The van der Waals surface area contributed by atoms with Gasteiger partial charge < -0.3 is 24.4 Å². The van der Waals surface area contributed by atoms with Crippen molar-refractivity contribution in [3.05, 3.63) is 70.0 Å². The lowest BCUT2D eigenvalue weighted by Gasteiger charge is -2.22. The van der Waals surface area contributed by atoms with Gasteiger partial charge in [0.2, 0.25) is 5.95 Å². The molecule has 11 nitrogen and oxygen atoms in total. The summed E-state index contributed by atoms with van der Waals surface area (Å²) >= 11 is 0. The van der Waals surface area contributed by atoms with Gasteiger partial charge in [-0.3, -0.25) is 10.1 Å². The van der Waals surface area contributed by atoms with E-state index in [1.165, 1.54) is 19.4 Å². The quantitative estimate of drug-likeness (QED) is 0.164. The van der Waals surface area contributed by atoms with Crippen LogP contribution in [0.3, 0.4) is 0 Å². The third kappa shape index (κ3) is 5.32. The maximum Gasteiger partial charge on any atom is 0.341 e. The van der Waals surface area contributed by atoms with Gasteiger partial charge in [-0.1, -0.05) is 18.2 Å². The molecule has 0 spiro atoms. The van der Waals surface area contributed by atoms with Crippen LogP contribution in [0.2, 0.25) is 0 Å². The summed E-state index contributed by atoms with van der Waals surface area (Å²) in [5, 5.41) is 16.1. The number of fused-ring (bicyclic) bond motifs is 1. The zero-order chi connectivity index (χ0) is 28.6. The second-order valence-electron chi connectivity index (χ2n) is 10.4. The first-order valence-corrected chi connectivity index (χ1v) is 13.1. The average molecular weight is 544 g/mol. The molecule has 0 atom stereocenters. The number of nitrogens with zero attached hydrogens (tertiary/aromatic N) is 6. The molecule has 40 heavy (non-hydrogen) atoms. The van der Waals surface area contributed by atoms with Crippen molar-refractivity contribution in [2.24, 2.45) is 0 Å². The van der Waals surface area contributed by atoms with Crippen LogP contribution in [0.4, 0.5) is 23.0 Å². The Morgan fingerprint density at radius 3 is 2.62 bits per heavy atom. The molecule has 1 saturated carbocycles. The van der Waals surface area contributed by atoms with E-state index in [9.17, 15) is 14.9 Å². The lowest BCUT2D eigenvalue weighted by molar-refractivity contribution is -0.384. The summed E-state index contributed by atoms with van der Waals surface area (Å²) in [6.07, 6.45) is 5.69. The standard InChI is InChI=1S/C29H33N7O4/c1-18-14-25(34(4)13-12-33(2)3)26(36(38)39)15-23(18)31-29-30-16-21(28(37)40-5)27(32-29)22-17-35(19-10-11-19)24-9-7-6-8-20(22)24/h6-9,14-17,19H,10-13H2,1-5H3,(H,30,31,32). The summed E-state index contributed by atoms with van der Waals surface area (Å²) in [7, 11) is 7.09. The number of hydrogen-bond donors (Lipinski definition) is 1. The highest BCUT2D eigenvalue weighted by atomic mass is 16.6. The SMILES string of the molecule is COC(=O)c1cnc(Nc2cc([N+](=O)[O-])c(N(C)CCN(C)C)cc2C)nc1-c1cn(C2CC2)c2ccccc12. The Bertz CT molecular complexity index is 1590. The van der Waals surface area contributed by atoms with Gasteiger partial charge in [0, 0.05) is 61.1 Å². The highest BCUT2D eigenvalue weighted by Gasteiger charge is 2.28. The molecule has 0 amide bonds. The molecular formula is C29H33N7O4. The van der Waals surface area contributed by atoms with Gasteiger partial charge in [-0.05, 0) is 51.6 Å². The number of aryl methyl sites for hydroxylation is 1. The molecule has 0 saturated heterocycles. The highest BCUT2D eigenvalue weighted by Crippen LogP contribution is 2.42. The Morgan fingerprint density at radius 2 is 1.95 bits per heavy atom. The van der Waals surface area contributed by atoms with Gasteiger partial charge in [-0.15, -0.1) is 0 Å². The van der Waals surface area contributed by atoms with Crippen molar-refractivity contribution in [2.75, 3.05) is 51.6 Å². The molecule has 2 aromatic carbocycles. The second-order valence-corrected chi connectivity index (χ2v) is 10.4. The number of para-hydroxylation sites is 1. The van der Waals surface area contributed by atoms with Gasteiger partial charge in [0.15, 0.2) is 0 Å². The molecule has 208 valence electrons. The predicted octanol–water partition coefficient (Wildman–Crippen LogP) is 5.18. The molecular weight excluding hydrogens is 510 g/mol. The van der Waals surface area contributed by atoms with Gasteiger partial charge >= 0.3 is 5.97 Å². The summed E-state index contributed by atoms with van der Waals surface area (Å²) < 4.78 is 7.27. The van der Waals surface area contributed by atoms with Crippen LogP contribution in [0.5, 0.6) is 0 Å². The van der Waals surface area contributed by atoms with Gasteiger partial charge in [-0.2, -0.15) is 0 Å². The molecule has 0 bridgehead atoms. The number of benzene rings is 2. The Morgan fingerprint density at radius 1 is 1.20 bits per heavy atom. The molecule has 1 N–H and O–H groups in total. The van der Waals surface area contributed by atoms with Crippen LogP contribution in [-0.2, 0) is 4.74 Å². The fraction of sp³-hybridized carbons (Fsp3) is 0.345. The summed E-state index contributed by atoms with van der Waals surface area (Å²) in [5.41, 5.74) is 4.37. The predicted molar refractivity (Wildman–Crippen MR) is 156 cm³/mol. The van der Waals surface area contributed by atoms with Crippen molar-refractivity contribution in [3.63, 3.8) is 0 Å². The number of rotatable bonds is 10. The van der Waals surface area contributed by atoms with Crippen LogP contribution in [0.15, 0.2) is 48.8 Å². The molecule has 2 heterocycles. The minimum absolute atomic E-state index is 0.0201. The molecule has 1 fully saturated rings. The van der Waals surface area contributed by atoms with E-state index in [4.69, 9.17) is 9.72 Å². The van der Waals surface area contributed by atoms with Gasteiger partial charge in [0.05, 0.1) is 23.4 Å². The Balaban J connectivity index is 1.56. The van der Waals surface area contributed by atoms with Crippen LogP contribution in [-0.4, -0.2) is 71.7 Å². The molecule has 0 aliphatic heterocycles. The van der Waals surface area contributed by atoms with E-state index in [0.29, 0.717) is 29.7 Å². The smallest absolute Gasteiger partial charge is 0.341 e. The topological polar surface area (TPSA) is 119 Å². The Kier molecular flexibility index (Phi) is 7.40. The number of aromatic nitrogens is 3. The number of anilines is 3. The molecule has 11 heteroatoms. The first-order valence-electron chi connectivity index (χ1n) is 13.1. The molecule has 1 aliphatic carbocycles. The van der Waals surface area contributed by atoms with E-state index in [1.807, 2.05) is 62.3 Å². The number of nitrogens with one attached hydrogen (secondary N) is 1. The van der Waals surface area contributed by atoms with Crippen molar-refractivity contribution < 1.29 is 14.5 Å². The normalized spacial score (nSPS) is 13.1. The van der Waals surface area contributed by atoms with E-state index < -0.39 is 5.97 Å². The maximum absolute atomic E-state index is 12.7. The average Bonchev–Trinajstić information content (AvgIpc) is 3.71. The molecule has 2 aromatic heterocycles. The molecule has 0 unspecified atom stereocenters. The van der Waals surface area contributed by atoms with Crippen molar-refractivity contribution in [1.82, 2.24) is 19.4 Å². The van der Waals surface area contributed by atoms with Crippen molar-refractivity contribution >= 4 is 39.9 Å². The molecule has 4 aromatic rings. The van der Waals surface area contributed by atoms with Crippen LogP contribution < -0.4 is 10.2 Å². The largest absolute Gasteiger partial charge is 0.465 e. The number of nitro groups is 1. The van der Waals surface area contributed by atoms with Crippen LogP contribution in [0.25, 0.3) is 22.2 Å². The van der Waals surface area contributed by atoms with Gasteiger partial charge in [-0.25, -0.2) is 14.8 Å². The maximum atomic E-state index is 12.7. The molecule has 0 radical (unpaired) electrons. The second kappa shape index (κ2) is 10.9. The number of ether oxygens (including phenoxy) is 1. The molecule has 1 aliphatic rings. The van der Waals surface area contributed by atoms with Crippen molar-refractivity contribution in [1.29, 1.82) is 0 Å². The van der Waals surface area contributed by atoms with Crippen LogP contribution in [0.1, 0.15) is 34.8 Å². The Labute approximate surface area is 232 Å². The number of methoxy groups -OCH3 is 1. The third-order valence-electron chi connectivity index (χ3n) is 7.19. The summed E-state index contributed by atoms with van der Waals surface area (Å²) in [6.45, 7) is 3.27. The first-order chi connectivity index (χ1) is 19.2. The monoisotopic (exact) mass is 543 g/mol. The van der Waals surface area contributed by atoms with Crippen LogP contribution in [0, 0.1) is 17.0 Å². The Hall–Kier alpha value is -4.51. The summed E-state index contributed by atoms with van der Waals surface area (Å²) in [5.74, 6) is -0.321. The van der Waals surface area contributed by atoms with Crippen molar-refractivity contribution in [2.45, 2.75) is 25.8 Å². The lowest BCUT2D eigenvalue weighted by atomic mass is 10.1. The number of esters is 1. The van der Waals surface area contributed by atoms with E-state index in [1.54, 1.807) is 6.07 Å². The number of likely N-dealkylation sites (N-methyl/N-ethyl adjacent to an activating group) is 2. The van der Waals surface area contributed by atoms with E-state index in [0.717, 1.165) is 41.4 Å². The van der Waals surface area contributed by atoms with Crippen LogP contribution >= 0.6 is 0 Å².